The molecule has 16 heavy (non-hydrogen) atoms. The van der Waals surface area contributed by atoms with Gasteiger partial charge in [0, 0.05) is 6.61 Å². The lowest BCUT2D eigenvalue weighted by atomic mass is 9.92. The Labute approximate surface area is 95.5 Å². The van der Waals surface area contributed by atoms with Crippen LogP contribution in [0.5, 0.6) is 0 Å². The summed E-state index contributed by atoms with van der Waals surface area (Å²) in [5, 5.41) is 3.18. The van der Waals surface area contributed by atoms with Crippen LogP contribution in [0.2, 0.25) is 0 Å². The van der Waals surface area contributed by atoms with Gasteiger partial charge in [0.2, 0.25) is 0 Å². The van der Waals surface area contributed by atoms with Gasteiger partial charge in [0.1, 0.15) is 6.61 Å². The predicted octanol–water partition coefficient (Wildman–Crippen LogP) is 2.98. The van der Waals surface area contributed by atoms with Gasteiger partial charge in [-0.1, -0.05) is 20.8 Å². The minimum Gasteiger partial charge on any atom is -0.372 e. The first-order valence-corrected chi connectivity index (χ1v) is 5.56. The third-order valence-corrected chi connectivity index (χ3v) is 1.96. The van der Waals surface area contributed by atoms with E-state index in [4.69, 9.17) is 0 Å². The van der Waals surface area contributed by atoms with Crippen LogP contribution in [-0.4, -0.2) is 32.5 Å². The molecule has 0 saturated heterocycles. The van der Waals surface area contributed by atoms with E-state index >= 15 is 0 Å². The summed E-state index contributed by atoms with van der Waals surface area (Å²) in [5.41, 5.74) is 0.291. The summed E-state index contributed by atoms with van der Waals surface area (Å²) in [5.74, 6) is 0. The molecule has 98 valence electrons. The van der Waals surface area contributed by atoms with Gasteiger partial charge in [-0.15, -0.1) is 0 Å². The van der Waals surface area contributed by atoms with Crippen molar-refractivity contribution in [3.05, 3.63) is 0 Å². The summed E-state index contributed by atoms with van der Waals surface area (Å²) < 4.78 is 39.5. The highest BCUT2D eigenvalue weighted by Crippen LogP contribution is 2.17. The summed E-state index contributed by atoms with van der Waals surface area (Å²) in [7, 11) is 0. The molecule has 0 aliphatic carbocycles. The number of hydrogen-bond donors (Lipinski definition) is 1. The molecule has 1 N–H and O–H groups in total. The van der Waals surface area contributed by atoms with Crippen molar-refractivity contribution in [1.82, 2.24) is 5.32 Å². The van der Waals surface area contributed by atoms with E-state index in [-0.39, 0.29) is 6.61 Å². The van der Waals surface area contributed by atoms with Crippen molar-refractivity contribution in [2.75, 3.05) is 26.3 Å². The first-order chi connectivity index (χ1) is 7.21. The fraction of sp³-hybridized carbons (Fsp3) is 1.00. The number of ether oxygens (including phenoxy) is 1. The van der Waals surface area contributed by atoms with Gasteiger partial charge < -0.3 is 10.1 Å². The normalized spacial score (nSPS) is 13.1. The van der Waals surface area contributed by atoms with Crippen molar-refractivity contribution >= 4 is 0 Å². The molecular formula is C11H22F3NO. The highest BCUT2D eigenvalue weighted by molar-refractivity contribution is 4.62. The van der Waals surface area contributed by atoms with Crippen molar-refractivity contribution in [3.63, 3.8) is 0 Å². The maximum Gasteiger partial charge on any atom is 0.411 e. The second kappa shape index (κ2) is 7.12. The Morgan fingerprint density at radius 1 is 1.06 bits per heavy atom. The molecule has 0 bridgehead atoms. The number of nitrogens with one attached hydrogen (secondary N) is 1. The molecule has 0 aromatic heterocycles. The van der Waals surface area contributed by atoms with Crippen molar-refractivity contribution in [1.29, 1.82) is 0 Å². The van der Waals surface area contributed by atoms with Crippen molar-refractivity contribution in [2.24, 2.45) is 5.41 Å². The molecule has 0 atom stereocenters. The van der Waals surface area contributed by atoms with E-state index < -0.39 is 12.8 Å². The lowest BCUT2D eigenvalue weighted by Gasteiger charge is -2.18. The Hall–Kier alpha value is -0.290. The van der Waals surface area contributed by atoms with Crippen LogP contribution in [0.3, 0.4) is 0 Å². The monoisotopic (exact) mass is 241 g/mol. The van der Waals surface area contributed by atoms with Crippen molar-refractivity contribution < 1.29 is 17.9 Å². The third kappa shape index (κ3) is 13.7. The SMILES string of the molecule is CC(C)(C)CCNCCCOCC(F)(F)F. The van der Waals surface area contributed by atoms with Crippen LogP contribution in [-0.2, 0) is 4.74 Å². The molecule has 0 aliphatic rings. The quantitative estimate of drug-likeness (QED) is 0.692. The van der Waals surface area contributed by atoms with Gasteiger partial charge in [-0.25, -0.2) is 0 Å². The predicted molar refractivity (Wildman–Crippen MR) is 58.4 cm³/mol. The molecule has 0 aliphatic heterocycles. The van der Waals surface area contributed by atoms with Gasteiger partial charge in [-0.2, -0.15) is 13.2 Å². The fourth-order valence-electron chi connectivity index (χ4n) is 1.08. The summed E-state index contributed by atoms with van der Waals surface area (Å²) in [6, 6.07) is 0. The molecular weight excluding hydrogens is 219 g/mol. The van der Waals surface area contributed by atoms with E-state index in [1.54, 1.807) is 0 Å². The Morgan fingerprint density at radius 2 is 1.69 bits per heavy atom. The Balaban J connectivity index is 3.17. The first kappa shape index (κ1) is 15.7. The number of alkyl halides is 3. The largest absolute Gasteiger partial charge is 0.411 e. The summed E-state index contributed by atoms with van der Waals surface area (Å²) in [4.78, 5) is 0. The smallest absolute Gasteiger partial charge is 0.372 e. The molecule has 0 rings (SSSR count). The Kier molecular flexibility index (Phi) is 6.99. The van der Waals surface area contributed by atoms with Crippen LogP contribution in [0.15, 0.2) is 0 Å². The molecule has 2 nitrogen and oxygen atoms in total. The van der Waals surface area contributed by atoms with E-state index in [2.05, 4.69) is 30.8 Å². The maximum absolute atomic E-state index is 11.7. The number of rotatable bonds is 7. The second-order valence-corrected chi connectivity index (χ2v) is 5.08. The molecule has 0 fully saturated rings. The highest BCUT2D eigenvalue weighted by atomic mass is 19.4. The van der Waals surface area contributed by atoms with Gasteiger partial charge in [0.25, 0.3) is 0 Å². The zero-order valence-electron chi connectivity index (χ0n) is 10.3. The van der Waals surface area contributed by atoms with Gasteiger partial charge in [-0.3, -0.25) is 0 Å². The minimum absolute atomic E-state index is 0.155. The molecule has 0 heterocycles. The van der Waals surface area contributed by atoms with Gasteiger partial charge >= 0.3 is 6.18 Å². The molecule has 0 aromatic carbocycles. The van der Waals surface area contributed by atoms with E-state index in [9.17, 15) is 13.2 Å². The van der Waals surface area contributed by atoms with Crippen molar-refractivity contribution in [2.45, 2.75) is 39.8 Å². The zero-order valence-corrected chi connectivity index (χ0v) is 10.3. The zero-order chi connectivity index (χ0) is 12.7. The summed E-state index contributed by atoms with van der Waals surface area (Å²) in [6.45, 7) is 7.07. The molecule has 0 unspecified atom stereocenters. The summed E-state index contributed by atoms with van der Waals surface area (Å²) in [6.07, 6.45) is -2.55. The summed E-state index contributed by atoms with van der Waals surface area (Å²) >= 11 is 0. The fourth-order valence-corrected chi connectivity index (χ4v) is 1.08. The van der Waals surface area contributed by atoms with Gasteiger partial charge in [0.15, 0.2) is 0 Å². The van der Waals surface area contributed by atoms with Crippen LogP contribution in [0, 0.1) is 5.41 Å². The van der Waals surface area contributed by atoms with Crippen LogP contribution < -0.4 is 5.32 Å². The number of halogens is 3. The molecule has 0 amide bonds. The standard InChI is InChI=1S/C11H22F3NO/c1-10(2,3)5-7-15-6-4-8-16-9-11(12,13)14/h15H,4-9H2,1-3H3. The average Bonchev–Trinajstić information content (AvgIpc) is 2.06. The van der Waals surface area contributed by atoms with E-state index in [0.29, 0.717) is 18.4 Å². The average molecular weight is 241 g/mol. The van der Waals surface area contributed by atoms with Crippen LogP contribution in [0.1, 0.15) is 33.6 Å². The lowest BCUT2D eigenvalue weighted by molar-refractivity contribution is -0.173. The molecule has 0 aromatic rings. The number of hydrogen-bond acceptors (Lipinski definition) is 2. The van der Waals surface area contributed by atoms with Crippen molar-refractivity contribution in [3.8, 4) is 0 Å². The third-order valence-electron chi connectivity index (χ3n) is 1.96. The second-order valence-electron chi connectivity index (χ2n) is 5.08. The van der Waals surface area contributed by atoms with Gasteiger partial charge in [-0.05, 0) is 31.3 Å². The molecule has 0 radical (unpaired) electrons. The first-order valence-electron chi connectivity index (χ1n) is 5.56. The minimum atomic E-state index is -4.21. The highest BCUT2D eigenvalue weighted by Gasteiger charge is 2.27. The molecule has 0 saturated carbocycles. The Bertz CT molecular complexity index is 155. The molecule has 0 spiro atoms. The van der Waals surface area contributed by atoms with Gasteiger partial charge in [0.05, 0.1) is 0 Å². The van der Waals surface area contributed by atoms with Crippen LogP contribution in [0.4, 0.5) is 13.2 Å². The van der Waals surface area contributed by atoms with Crippen LogP contribution in [0.25, 0.3) is 0 Å². The van der Waals surface area contributed by atoms with E-state index in [1.807, 2.05) is 0 Å². The maximum atomic E-state index is 11.7. The topological polar surface area (TPSA) is 21.3 Å². The van der Waals surface area contributed by atoms with E-state index in [1.165, 1.54) is 0 Å². The lowest BCUT2D eigenvalue weighted by Crippen LogP contribution is -2.23. The van der Waals surface area contributed by atoms with Crippen LogP contribution >= 0.6 is 0 Å². The molecule has 5 heteroatoms. The van der Waals surface area contributed by atoms with E-state index in [0.717, 1.165) is 13.0 Å². The Morgan fingerprint density at radius 3 is 2.19 bits per heavy atom.